The van der Waals surface area contributed by atoms with Crippen molar-refractivity contribution < 1.29 is 4.57 Å². The second-order valence-corrected chi connectivity index (χ2v) is 6.68. The van der Waals surface area contributed by atoms with E-state index in [-0.39, 0.29) is 0 Å². The third-order valence-electron chi connectivity index (χ3n) is 2.68. The maximum atomic E-state index is 12.6. The van der Waals surface area contributed by atoms with E-state index in [0.717, 1.165) is 57.8 Å². The molecular formula is C18H27OP. The van der Waals surface area contributed by atoms with Crippen molar-refractivity contribution in [2.45, 2.75) is 78.6 Å². The molecule has 0 radical (unpaired) electrons. The first-order chi connectivity index (χ1) is 9.68. The van der Waals surface area contributed by atoms with E-state index in [9.17, 15) is 4.57 Å². The molecule has 1 nitrogen and oxygen atoms in total. The molecule has 0 spiro atoms. The van der Waals surface area contributed by atoms with Gasteiger partial charge in [-0.2, -0.15) is 0 Å². The molecule has 0 aromatic carbocycles. The lowest BCUT2D eigenvalue weighted by Gasteiger charge is -1.94. The summed E-state index contributed by atoms with van der Waals surface area (Å²) in [7, 11) is -2.92. The van der Waals surface area contributed by atoms with Crippen LogP contribution in [0.15, 0.2) is 0 Å². The molecule has 0 aliphatic heterocycles. The number of rotatable bonds is 6. The molecule has 20 heavy (non-hydrogen) atoms. The van der Waals surface area contributed by atoms with E-state index in [1.165, 1.54) is 0 Å². The summed E-state index contributed by atoms with van der Waals surface area (Å²) in [6, 6.07) is 0. The van der Waals surface area contributed by atoms with Crippen molar-refractivity contribution >= 4 is 7.14 Å². The van der Waals surface area contributed by atoms with Crippen LogP contribution in [0.1, 0.15) is 78.6 Å². The minimum Gasteiger partial charge on any atom is -0.282 e. The summed E-state index contributed by atoms with van der Waals surface area (Å²) in [6.07, 6.45) is 8.78. The Morgan fingerprint density at radius 1 is 0.650 bits per heavy atom. The van der Waals surface area contributed by atoms with Crippen molar-refractivity contribution in [2.24, 2.45) is 0 Å². The normalized spacial score (nSPS) is 9.55. The highest BCUT2D eigenvalue weighted by molar-refractivity contribution is 7.78. The summed E-state index contributed by atoms with van der Waals surface area (Å²) >= 11 is 0. The summed E-state index contributed by atoms with van der Waals surface area (Å²) in [5.74, 6) is 8.97. The van der Waals surface area contributed by atoms with Gasteiger partial charge < -0.3 is 0 Å². The minimum absolute atomic E-state index is 0.785. The van der Waals surface area contributed by atoms with Crippen molar-refractivity contribution in [3.05, 3.63) is 0 Å². The summed E-state index contributed by atoms with van der Waals surface area (Å²) < 4.78 is 12.6. The molecule has 0 rings (SSSR count). The number of hydrogen-bond donors (Lipinski definition) is 0. The summed E-state index contributed by atoms with van der Waals surface area (Å²) in [4.78, 5) is 0. The van der Waals surface area contributed by atoms with Gasteiger partial charge in [-0.1, -0.05) is 57.8 Å². The van der Waals surface area contributed by atoms with E-state index < -0.39 is 7.14 Å². The Hall–Kier alpha value is -1.09. The standard InChI is InChI=1S/C18H27OP/c1-4-7-10-13-16-20(19,17-14-11-8-5-2)18-15-12-9-6-3/h4-12H2,1-3H3. The smallest absolute Gasteiger partial charge is 0.282 e. The zero-order chi connectivity index (χ0) is 15.1. The van der Waals surface area contributed by atoms with Crippen LogP contribution in [0, 0.1) is 34.7 Å². The monoisotopic (exact) mass is 290 g/mol. The average molecular weight is 290 g/mol. The van der Waals surface area contributed by atoms with Crippen LogP contribution in [0.3, 0.4) is 0 Å². The van der Waals surface area contributed by atoms with Gasteiger partial charge in [0.15, 0.2) is 0 Å². The molecule has 0 aliphatic rings. The SMILES string of the molecule is CCCCC#CP(=O)(C#CCCCC)C#CCCCC. The van der Waals surface area contributed by atoms with Crippen LogP contribution in [-0.2, 0) is 4.57 Å². The van der Waals surface area contributed by atoms with Gasteiger partial charge in [-0.3, -0.25) is 4.57 Å². The van der Waals surface area contributed by atoms with Crippen LogP contribution in [0.25, 0.3) is 0 Å². The van der Waals surface area contributed by atoms with Crippen LogP contribution in [0.4, 0.5) is 0 Å². The molecule has 0 saturated heterocycles. The summed E-state index contributed by atoms with van der Waals surface area (Å²) in [5.41, 5.74) is 8.53. The molecule has 0 amide bonds. The largest absolute Gasteiger partial charge is 0.291 e. The molecular weight excluding hydrogens is 263 g/mol. The van der Waals surface area contributed by atoms with E-state index in [1.54, 1.807) is 0 Å². The van der Waals surface area contributed by atoms with Gasteiger partial charge in [0.25, 0.3) is 7.14 Å². The third-order valence-corrected chi connectivity index (χ3v) is 4.09. The number of unbranched alkanes of at least 4 members (excludes halogenated alkanes) is 6. The van der Waals surface area contributed by atoms with Gasteiger partial charge in [0.1, 0.15) is 0 Å². The molecule has 0 atom stereocenters. The van der Waals surface area contributed by atoms with E-state index in [2.05, 4.69) is 55.5 Å². The van der Waals surface area contributed by atoms with Crippen LogP contribution < -0.4 is 0 Å². The number of hydrogen-bond acceptors (Lipinski definition) is 1. The first-order valence-corrected chi connectivity index (χ1v) is 9.49. The molecule has 0 N–H and O–H groups in total. The maximum Gasteiger partial charge on any atom is 0.291 e. The fourth-order valence-corrected chi connectivity index (χ4v) is 2.55. The Balaban J connectivity index is 4.79. The fraction of sp³-hybridized carbons (Fsp3) is 0.667. The Bertz CT molecular complexity index is 399. The van der Waals surface area contributed by atoms with Gasteiger partial charge in [0, 0.05) is 19.3 Å². The molecule has 0 aromatic rings. The highest BCUT2D eigenvalue weighted by atomic mass is 31.2. The van der Waals surface area contributed by atoms with E-state index in [1.807, 2.05) is 0 Å². The highest BCUT2D eigenvalue weighted by Crippen LogP contribution is 2.41. The molecule has 0 aliphatic carbocycles. The van der Waals surface area contributed by atoms with Gasteiger partial charge in [0.05, 0.1) is 0 Å². The Morgan fingerprint density at radius 3 is 1.20 bits per heavy atom. The Morgan fingerprint density at radius 2 is 0.950 bits per heavy atom. The topological polar surface area (TPSA) is 17.1 Å². The molecule has 0 unspecified atom stereocenters. The zero-order valence-corrected chi connectivity index (χ0v) is 14.1. The molecule has 0 saturated carbocycles. The highest BCUT2D eigenvalue weighted by Gasteiger charge is 2.10. The lowest BCUT2D eigenvalue weighted by atomic mass is 10.3. The van der Waals surface area contributed by atoms with Crippen LogP contribution >= 0.6 is 7.14 Å². The third kappa shape index (κ3) is 10.8. The predicted molar refractivity (Wildman–Crippen MR) is 89.5 cm³/mol. The van der Waals surface area contributed by atoms with Gasteiger partial charge >= 0.3 is 0 Å². The summed E-state index contributed by atoms with van der Waals surface area (Å²) in [6.45, 7) is 6.36. The van der Waals surface area contributed by atoms with Crippen molar-refractivity contribution in [1.82, 2.24) is 0 Å². The minimum atomic E-state index is -2.92. The predicted octanol–water partition coefficient (Wildman–Crippen LogP) is 5.80. The molecule has 0 aromatic heterocycles. The maximum absolute atomic E-state index is 12.6. The van der Waals surface area contributed by atoms with Crippen molar-refractivity contribution in [2.75, 3.05) is 0 Å². The molecule has 2 heteroatoms. The van der Waals surface area contributed by atoms with E-state index >= 15 is 0 Å². The molecule has 0 bridgehead atoms. The van der Waals surface area contributed by atoms with Gasteiger partial charge in [-0.25, -0.2) is 0 Å². The molecule has 0 fully saturated rings. The Labute approximate surface area is 125 Å². The van der Waals surface area contributed by atoms with E-state index in [0.29, 0.717) is 0 Å². The van der Waals surface area contributed by atoms with Crippen molar-refractivity contribution in [3.8, 4) is 34.7 Å². The zero-order valence-electron chi connectivity index (χ0n) is 13.2. The van der Waals surface area contributed by atoms with Crippen molar-refractivity contribution in [3.63, 3.8) is 0 Å². The molecule has 110 valence electrons. The second kappa shape index (κ2) is 12.9. The Kier molecular flexibility index (Phi) is 12.2. The lowest BCUT2D eigenvalue weighted by molar-refractivity contribution is 0.594. The first-order valence-electron chi connectivity index (χ1n) is 7.79. The quantitative estimate of drug-likeness (QED) is 0.343. The summed E-state index contributed by atoms with van der Waals surface area (Å²) in [5, 5.41) is 0. The van der Waals surface area contributed by atoms with Gasteiger partial charge in [-0.15, -0.1) is 0 Å². The van der Waals surface area contributed by atoms with Gasteiger partial charge in [-0.05, 0) is 36.2 Å². The average Bonchev–Trinajstić information content (AvgIpc) is 2.45. The fourth-order valence-electron chi connectivity index (χ4n) is 1.38. The van der Waals surface area contributed by atoms with Crippen LogP contribution in [0.2, 0.25) is 0 Å². The second-order valence-electron chi connectivity index (χ2n) is 4.79. The molecule has 0 heterocycles. The van der Waals surface area contributed by atoms with Crippen LogP contribution in [0.5, 0.6) is 0 Å². The van der Waals surface area contributed by atoms with Crippen molar-refractivity contribution in [1.29, 1.82) is 0 Å². The van der Waals surface area contributed by atoms with Gasteiger partial charge in [0.2, 0.25) is 0 Å². The van der Waals surface area contributed by atoms with Crippen LogP contribution in [-0.4, -0.2) is 0 Å². The van der Waals surface area contributed by atoms with E-state index in [4.69, 9.17) is 0 Å². The lowest BCUT2D eigenvalue weighted by Crippen LogP contribution is -1.74. The first kappa shape index (κ1) is 18.9.